The van der Waals surface area contributed by atoms with Crippen LogP contribution >= 0.6 is 15.9 Å². The van der Waals surface area contributed by atoms with Crippen LogP contribution in [0.3, 0.4) is 0 Å². The van der Waals surface area contributed by atoms with Gasteiger partial charge in [0.2, 0.25) is 11.8 Å². The largest absolute Gasteiger partial charge is 0.465 e. The molecule has 1 heterocycles. The number of anilines is 2. The molecule has 0 atom stereocenters. The van der Waals surface area contributed by atoms with Gasteiger partial charge in [0.05, 0.1) is 17.8 Å². The normalized spacial score (nSPS) is 10.5. The van der Waals surface area contributed by atoms with E-state index in [1.807, 2.05) is 12.1 Å². The molecule has 0 aliphatic heterocycles. The predicted molar refractivity (Wildman–Crippen MR) is 112 cm³/mol. The van der Waals surface area contributed by atoms with Crippen LogP contribution < -0.4 is 10.1 Å². The molecule has 0 unspecified atom stereocenters. The molecule has 7 heteroatoms. The van der Waals surface area contributed by atoms with Crippen LogP contribution in [0.1, 0.15) is 27.0 Å². The van der Waals surface area contributed by atoms with Crippen LogP contribution in [0.4, 0.5) is 11.6 Å². The van der Waals surface area contributed by atoms with Crippen LogP contribution in [0.5, 0.6) is 11.6 Å². The quantitative estimate of drug-likeness (QED) is 0.527. The fourth-order valence-corrected chi connectivity index (χ4v) is 2.93. The number of methoxy groups -OCH3 is 1. The van der Waals surface area contributed by atoms with Crippen LogP contribution in [0.2, 0.25) is 0 Å². The summed E-state index contributed by atoms with van der Waals surface area (Å²) in [6, 6.07) is 10.9. The number of ether oxygens (including phenoxy) is 2. The SMILES string of the molecule is COC(=O)c1ccccc1Oc1nc(Nc2cc(C)c(C)c(C)c2)ncc1Br. The highest BCUT2D eigenvalue weighted by atomic mass is 79.9. The number of para-hydroxylation sites is 1. The van der Waals surface area contributed by atoms with Gasteiger partial charge in [-0.1, -0.05) is 12.1 Å². The minimum absolute atomic E-state index is 0.286. The van der Waals surface area contributed by atoms with Gasteiger partial charge in [0.1, 0.15) is 11.3 Å². The molecule has 2 aromatic carbocycles. The lowest BCUT2D eigenvalue weighted by Gasteiger charge is -2.13. The van der Waals surface area contributed by atoms with Crippen molar-refractivity contribution in [1.29, 1.82) is 0 Å². The van der Waals surface area contributed by atoms with E-state index in [2.05, 4.69) is 52.0 Å². The van der Waals surface area contributed by atoms with Crippen LogP contribution in [0.15, 0.2) is 47.1 Å². The molecular formula is C21H20BrN3O3. The molecule has 1 N–H and O–H groups in total. The predicted octanol–water partition coefficient (Wildman–Crippen LogP) is 5.49. The number of rotatable bonds is 5. The van der Waals surface area contributed by atoms with E-state index in [9.17, 15) is 4.79 Å². The average molecular weight is 442 g/mol. The summed E-state index contributed by atoms with van der Waals surface area (Å²) >= 11 is 3.39. The lowest BCUT2D eigenvalue weighted by molar-refractivity contribution is 0.0598. The third kappa shape index (κ3) is 4.31. The molecule has 28 heavy (non-hydrogen) atoms. The number of aromatic nitrogens is 2. The zero-order valence-corrected chi connectivity index (χ0v) is 17.6. The summed E-state index contributed by atoms with van der Waals surface area (Å²) in [5.74, 6) is 0.539. The van der Waals surface area contributed by atoms with Gasteiger partial charge in [-0.3, -0.25) is 0 Å². The summed E-state index contributed by atoms with van der Waals surface area (Å²) in [6.45, 7) is 6.22. The second-order valence-corrected chi connectivity index (χ2v) is 7.15. The van der Waals surface area contributed by atoms with E-state index in [1.165, 1.54) is 23.8 Å². The number of carbonyl (C=O) groups excluding carboxylic acids is 1. The first-order valence-corrected chi connectivity index (χ1v) is 9.41. The smallest absolute Gasteiger partial charge is 0.341 e. The maximum absolute atomic E-state index is 11.9. The Morgan fingerprint density at radius 3 is 2.46 bits per heavy atom. The van der Waals surface area contributed by atoms with Crippen molar-refractivity contribution in [3.63, 3.8) is 0 Å². The van der Waals surface area contributed by atoms with Gasteiger partial charge in [0.15, 0.2) is 0 Å². The summed E-state index contributed by atoms with van der Waals surface area (Å²) in [7, 11) is 1.33. The Hall–Kier alpha value is -2.93. The summed E-state index contributed by atoms with van der Waals surface area (Å²) in [5.41, 5.74) is 4.83. The summed E-state index contributed by atoms with van der Waals surface area (Å²) in [6.07, 6.45) is 1.60. The standard InChI is InChI=1S/C21H20BrN3O3/c1-12-9-15(10-13(2)14(12)3)24-21-23-11-17(22)19(25-21)28-18-8-6-5-7-16(18)20(26)27-4/h5-11H,1-4H3,(H,23,24,25). The highest BCUT2D eigenvalue weighted by Gasteiger charge is 2.16. The van der Waals surface area contributed by atoms with Gasteiger partial charge in [0, 0.05) is 5.69 Å². The van der Waals surface area contributed by atoms with Crippen LogP contribution in [-0.2, 0) is 4.74 Å². The van der Waals surface area contributed by atoms with Gasteiger partial charge in [0.25, 0.3) is 0 Å². The van der Waals surface area contributed by atoms with E-state index >= 15 is 0 Å². The molecule has 0 radical (unpaired) electrons. The second kappa shape index (κ2) is 8.39. The van der Waals surface area contributed by atoms with Gasteiger partial charge in [-0.15, -0.1) is 0 Å². The number of aryl methyl sites for hydroxylation is 2. The Morgan fingerprint density at radius 2 is 1.79 bits per heavy atom. The molecule has 0 bridgehead atoms. The average Bonchev–Trinajstić information content (AvgIpc) is 2.68. The molecule has 3 rings (SSSR count). The number of benzene rings is 2. The van der Waals surface area contributed by atoms with Crippen molar-refractivity contribution in [2.24, 2.45) is 0 Å². The van der Waals surface area contributed by atoms with Crippen molar-refractivity contribution >= 4 is 33.5 Å². The first kappa shape index (κ1) is 19.8. The molecule has 1 aromatic heterocycles. The van der Waals surface area contributed by atoms with E-state index < -0.39 is 5.97 Å². The summed E-state index contributed by atoms with van der Waals surface area (Å²) in [4.78, 5) is 20.7. The molecule has 0 saturated heterocycles. The van der Waals surface area contributed by atoms with Gasteiger partial charge in [-0.25, -0.2) is 9.78 Å². The molecule has 144 valence electrons. The number of nitrogens with one attached hydrogen (secondary N) is 1. The van der Waals surface area contributed by atoms with E-state index in [4.69, 9.17) is 9.47 Å². The minimum Gasteiger partial charge on any atom is -0.465 e. The third-order valence-electron chi connectivity index (χ3n) is 4.39. The molecule has 3 aromatic rings. The highest BCUT2D eigenvalue weighted by molar-refractivity contribution is 9.10. The second-order valence-electron chi connectivity index (χ2n) is 6.30. The lowest BCUT2D eigenvalue weighted by Crippen LogP contribution is -2.05. The van der Waals surface area contributed by atoms with E-state index in [-0.39, 0.29) is 5.88 Å². The van der Waals surface area contributed by atoms with Crippen molar-refractivity contribution in [3.8, 4) is 11.6 Å². The molecule has 0 aliphatic carbocycles. The molecule has 0 amide bonds. The van der Waals surface area contributed by atoms with Crippen LogP contribution in [0.25, 0.3) is 0 Å². The monoisotopic (exact) mass is 441 g/mol. The van der Waals surface area contributed by atoms with Gasteiger partial charge in [-0.2, -0.15) is 4.98 Å². The zero-order valence-electron chi connectivity index (χ0n) is 16.0. The van der Waals surface area contributed by atoms with Crippen molar-refractivity contribution in [1.82, 2.24) is 9.97 Å². The van der Waals surface area contributed by atoms with Crippen LogP contribution in [-0.4, -0.2) is 23.0 Å². The summed E-state index contributed by atoms with van der Waals surface area (Å²) in [5, 5.41) is 3.20. The third-order valence-corrected chi connectivity index (χ3v) is 4.94. The molecule has 0 aliphatic rings. The Bertz CT molecular complexity index is 1010. The first-order chi connectivity index (χ1) is 13.4. The molecular weight excluding hydrogens is 422 g/mol. The Labute approximate surface area is 172 Å². The number of esters is 1. The van der Waals surface area contributed by atoms with Crippen LogP contribution in [0, 0.1) is 20.8 Å². The van der Waals surface area contributed by atoms with E-state index in [0.717, 1.165) is 5.69 Å². The van der Waals surface area contributed by atoms with Crippen molar-refractivity contribution in [2.75, 3.05) is 12.4 Å². The molecule has 0 fully saturated rings. The zero-order chi connectivity index (χ0) is 20.3. The Morgan fingerprint density at radius 1 is 1.11 bits per heavy atom. The van der Waals surface area contributed by atoms with Gasteiger partial charge < -0.3 is 14.8 Å². The van der Waals surface area contributed by atoms with Gasteiger partial charge >= 0.3 is 5.97 Å². The molecule has 0 saturated carbocycles. The maximum atomic E-state index is 11.9. The minimum atomic E-state index is -0.482. The Kier molecular flexibility index (Phi) is 5.94. The van der Waals surface area contributed by atoms with E-state index in [0.29, 0.717) is 21.7 Å². The number of carbonyl (C=O) groups is 1. The first-order valence-electron chi connectivity index (χ1n) is 8.61. The van der Waals surface area contributed by atoms with Crippen molar-refractivity contribution in [3.05, 3.63) is 69.3 Å². The Balaban J connectivity index is 1.90. The maximum Gasteiger partial charge on any atom is 0.341 e. The number of hydrogen-bond donors (Lipinski definition) is 1. The van der Waals surface area contributed by atoms with Gasteiger partial charge in [-0.05, 0) is 77.7 Å². The highest BCUT2D eigenvalue weighted by Crippen LogP contribution is 2.31. The topological polar surface area (TPSA) is 73.3 Å². The molecule has 0 spiro atoms. The fraction of sp³-hybridized carbons (Fsp3) is 0.190. The number of halogens is 1. The van der Waals surface area contributed by atoms with Crippen molar-refractivity contribution < 1.29 is 14.3 Å². The fourth-order valence-electron chi connectivity index (χ4n) is 2.66. The van der Waals surface area contributed by atoms with E-state index in [1.54, 1.807) is 30.5 Å². The number of nitrogens with zero attached hydrogens (tertiary/aromatic N) is 2. The summed E-state index contributed by atoms with van der Waals surface area (Å²) < 4.78 is 11.2. The lowest BCUT2D eigenvalue weighted by atomic mass is 10.0. The molecule has 6 nitrogen and oxygen atoms in total. The van der Waals surface area contributed by atoms with Crippen molar-refractivity contribution in [2.45, 2.75) is 20.8 Å². The number of hydrogen-bond acceptors (Lipinski definition) is 6.